The van der Waals surface area contributed by atoms with Gasteiger partial charge in [0.25, 0.3) is 5.91 Å². The van der Waals surface area contributed by atoms with Crippen LogP contribution in [0.3, 0.4) is 0 Å². The fraction of sp³-hybridized carbons (Fsp3) is 0.154. The minimum Gasteiger partial charge on any atom is -0.497 e. The molecule has 0 bridgehead atoms. The molecule has 0 aliphatic heterocycles. The summed E-state index contributed by atoms with van der Waals surface area (Å²) in [5.41, 5.74) is 4.34. The first kappa shape index (κ1) is 27.0. The van der Waals surface area contributed by atoms with Gasteiger partial charge in [-0.05, 0) is 61.0 Å². The number of methoxy groups -OCH3 is 2. The van der Waals surface area contributed by atoms with Crippen LogP contribution in [0.25, 0.3) is 0 Å². The topological polar surface area (TPSA) is 127 Å². The smallest absolute Gasteiger partial charge is 0.329 e. The van der Waals surface area contributed by atoms with Gasteiger partial charge in [0, 0.05) is 22.0 Å². The van der Waals surface area contributed by atoms with Crippen LogP contribution in [0.1, 0.15) is 11.1 Å². The van der Waals surface area contributed by atoms with Crippen molar-refractivity contribution in [2.45, 2.75) is 6.92 Å². The lowest BCUT2D eigenvalue weighted by Crippen LogP contribution is -2.32. The standard InChI is InChI=1S/C26H25ClN4O6/c1-16-7-8-19(13-21(16)27)30-25(33)26(34)31-28-14-17-5-4-6-22(36-3)24(17)37-15-23(32)29-18-9-11-20(35-2)12-10-18/h4-14H,15H2,1-3H3,(H,29,32)(H,30,33)(H,31,34)/b28-14-. The number of rotatable bonds is 9. The lowest BCUT2D eigenvalue weighted by atomic mass is 10.2. The number of benzene rings is 3. The number of carbonyl (C=O) groups excluding carboxylic acids is 3. The van der Waals surface area contributed by atoms with Crippen LogP contribution in [0.4, 0.5) is 11.4 Å². The summed E-state index contributed by atoms with van der Waals surface area (Å²) in [6.45, 7) is 1.50. The van der Waals surface area contributed by atoms with Gasteiger partial charge in [0.2, 0.25) is 0 Å². The van der Waals surface area contributed by atoms with Gasteiger partial charge in [0.15, 0.2) is 18.1 Å². The summed E-state index contributed by atoms with van der Waals surface area (Å²) in [7, 11) is 3.00. The number of halogens is 1. The Balaban J connectivity index is 1.61. The second-order valence-electron chi connectivity index (χ2n) is 7.56. The number of hydrogen-bond donors (Lipinski definition) is 3. The summed E-state index contributed by atoms with van der Waals surface area (Å²) < 4.78 is 16.1. The molecule has 0 aromatic heterocycles. The van der Waals surface area contributed by atoms with Crippen LogP contribution in [-0.2, 0) is 14.4 Å². The number of anilines is 2. The van der Waals surface area contributed by atoms with E-state index in [0.29, 0.717) is 33.5 Å². The first-order chi connectivity index (χ1) is 17.8. The van der Waals surface area contributed by atoms with Crippen molar-refractivity contribution in [1.82, 2.24) is 5.43 Å². The van der Waals surface area contributed by atoms with Crippen LogP contribution in [0.15, 0.2) is 65.8 Å². The summed E-state index contributed by atoms with van der Waals surface area (Å²) >= 11 is 6.04. The predicted octanol–water partition coefficient (Wildman–Crippen LogP) is 3.77. The number of amides is 3. The summed E-state index contributed by atoms with van der Waals surface area (Å²) in [5, 5.41) is 9.44. The van der Waals surface area contributed by atoms with Crippen LogP contribution >= 0.6 is 11.6 Å². The maximum absolute atomic E-state index is 12.4. The quantitative estimate of drug-likeness (QED) is 0.222. The molecule has 0 heterocycles. The Bertz CT molecular complexity index is 1310. The lowest BCUT2D eigenvalue weighted by Gasteiger charge is -2.13. The fourth-order valence-corrected chi connectivity index (χ4v) is 3.21. The van der Waals surface area contributed by atoms with Crippen molar-refractivity contribution in [3.63, 3.8) is 0 Å². The van der Waals surface area contributed by atoms with Crippen molar-refractivity contribution in [2.24, 2.45) is 5.10 Å². The van der Waals surface area contributed by atoms with Gasteiger partial charge in [-0.2, -0.15) is 5.10 Å². The Kier molecular flexibility index (Phi) is 9.45. The molecule has 192 valence electrons. The molecule has 0 radical (unpaired) electrons. The highest BCUT2D eigenvalue weighted by atomic mass is 35.5. The zero-order valence-corrected chi connectivity index (χ0v) is 21.1. The molecule has 37 heavy (non-hydrogen) atoms. The predicted molar refractivity (Wildman–Crippen MR) is 141 cm³/mol. The summed E-state index contributed by atoms with van der Waals surface area (Å²) in [4.78, 5) is 36.7. The second kappa shape index (κ2) is 12.9. The van der Waals surface area contributed by atoms with E-state index in [4.69, 9.17) is 25.8 Å². The SMILES string of the molecule is COc1ccc(NC(=O)COc2c(/C=N\NC(=O)C(=O)Nc3ccc(C)c(Cl)c3)cccc2OC)cc1. The largest absolute Gasteiger partial charge is 0.497 e. The molecule has 0 atom stereocenters. The molecule has 0 unspecified atom stereocenters. The van der Waals surface area contributed by atoms with E-state index in [1.807, 2.05) is 6.92 Å². The molecule has 3 rings (SSSR count). The molecule has 0 saturated carbocycles. The van der Waals surface area contributed by atoms with E-state index in [-0.39, 0.29) is 12.4 Å². The third kappa shape index (κ3) is 7.71. The van der Waals surface area contributed by atoms with Gasteiger partial charge in [-0.3, -0.25) is 14.4 Å². The molecular formula is C26H25ClN4O6. The number of carbonyl (C=O) groups is 3. The van der Waals surface area contributed by atoms with Crippen molar-refractivity contribution >= 4 is 46.9 Å². The monoisotopic (exact) mass is 524 g/mol. The van der Waals surface area contributed by atoms with Crippen molar-refractivity contribution in [3.05, 3.63) is 76.8 Å². The molecular weight excluding hydrogens is 500 g/mol. The van der Waals surface area contributed by atoms with E-state index >= 15 is 0 Å². The molecule has 10 nitrogen and oxygen atoms in total. The molecule has 0 spiro atoms. The Hall–Kier alpha value is -4.57. The summed E-state index contributed by atoms with van der Waals surface area (Å²) in [6, 6.07) is 16.7. The van der Waals surface area contributed by atoms with Crippen LogP contribution in [-0.4, -0.2) is 44.8 Å². The van der Waals surface area contributed by atoms with Crippen LogP contribution < -0.4 is 30.3 Å². The number of ether oxygens (including phenoxy) is 3. The van der Waals surface area contributed by atoms with E-state index in [1.54, 1.807) is 61.7 Å². The third-order valence-electron chi connectivity index (χ3n) is 4.96. The number of hydrazone groups is 1. The van der Waals surface area contributed by atoms with Crippen molar-refractivity contribution < 1.29 is 28.6 Å². The molecule has 0 aliphatic rings. The van der Waals surface area contributed by atoms with Gasteiger partial charge in [-0.25, -0.2) is 5.43 Å². The van der Waals surface area contributed by atoms with Crippen LogP contribution in [0.5, 0.6) is 17.2 Å². The highest BCUT2D eigenvalue weighted by Crippen LogP contribution is 2.30. The average Bonchev–Trinajstić information content (AvgIpc) is 2.90. The maximum Gasteiger partial charge on any atom is 0.329 e. The molecule has 3 amide bonds. The molecule has 0 fully saturated rings. The number of nitrogens with one attached hydrogen (secondary N) is 3. The number of nitrogens with zero attached hydrogens (tertiary/aromatic N) is 1. The third-order valence-corrected chi connectivity index (χ3v) is 5.36. The van der Waals surface area contributed by atoms with Gasteiger partial charge in [-0.15, -0.1) is 0 Å². The van der Waals surface area contributed by atoms with Gasteiger partial charge in [0.05, 0.1) is 20.4 Å². The zero-order chi connectivity index (χ0) is 26.8. The fourth-order valence-electron chi connectivity index (χ4n) is 3.03. The molecule has 3 aromatic rings. The number of aryl methyl sites for hydroxylation is 1. The van der Waals surface area contributed by atoms with Gasteiger partial charge in [0.1, 0.15) is 5.75 Å². The first-order valence-electron chi connectivity index (χ1n) is 10.9. The Labute approximate surface area is 218 Å². The lowest BCUT2D eigenvalue weighted by molar-refractivity contribution is -0.136. The number of para-hydroxylation sites is 1. The average molecular weight is 525 g/mol. The van der Waals surface area contributed by atoms with Crippen molar-refractivity contribution in [1.29, 1.82) is 0 Å². The summed E-state index contributed by atoms with van der Waals surface area (Å²) in [6.07, 6.45) is 1.27. The molecule has 0 aliphatic carbocycles. The zero-order valence-electron chi connectivity index (χ0n) is 20.3. The van der Waals surface area contributed by atoms with E-state index in [9.17, 15) is 14.4 Å². The minimum atomic E-state index is -0.989. The minimum absolute atomic E-state index is 0.228. The highest BCUT2D eigenvalue weighted by molar-refractivity contribution is 6.39. The van der Waals surface area contributed by atoms with Crippen molar-refractivity contribution in [3.8, 4) is 17.2 Å². The molecule has 3 aromatic carbocycles. The van der Waals surface area contributed by atoms with E-state index in [0.717, 1.165) is 5.56 Å². The Morgan fingerprint density at radius 2 is 1.65 bits per heavy atom. The van der Waals surface area contributed by atoms with Crippen molar-refractivity contribution in [2.75, 3.05) is 31.5 Å². The van der Waals surface area contributed by atoms with Crippen LogP contribution in [0, 0.1) is 6.92 Å². The first-order valence-corrected chi connectivity index (χ1v) is 11.3. The van der Waals surface area contributed by atoms with E-state index in [1.165, 1.54) is 19.4 Å². The van der Waals surface area contributed by atoms with E-state index < -0.39 is 17.7 Å². The normalized spacial score (nSPS) is 10.5. The van der Waals surface area contributed by atoms with Crippen LogP contribution in [0.2, 0.25) is 5.02 Å². The maximum atomic E-state index is 12.4. The molecule has 11 heteroatoms. The summed E-state index contributed by atoms with van der Waals surface area (Å²) in [5.74, 6) is -1.07. The van der Waals surface area contributed by atoms with E-state index in [2.05, 4.69) is 21.2 Å². The highest BCUT2D eigenvalue weighted by Gasteiger charge is 2.15. The second-order valence-corrected chi connectivity index (χ2v) is 7.97. The van der Waals surface area contributed by atoms with Gasteiger partial charge < -0.3 is 24.8 Å². The van der Waals surface area contributed by atoms with Gasteiger partial charge in [-0.1, -0.05) is 23.7 Å². The Morgan fingerprint density at radius 3 is 2.32 bits per heavy atom. The Morgan fingerprint density at radius 1 is 0.919 bits per heavy atom. The van der Waals surface area contributed by atoms with Gasteiger partial charge >= 0.3 is 11.8 Å². The molecule has 0 saturated heterocycles. The molecule has 3 N–H and O–H groups in total. The number of hydrogen-bond acceptors (Lipinski definition) is 7.